The molecule has 0 aliphatic carbocycles. The van der Waals surface area contributed by atoms with Crippen LogP contribution in [0.4, 0.5) is 0 Å². The van der Waals surface area contributed by atoms with Crippen molar-refractivity contribution in [3.8, 4) is 0 Å². The summed E-state index contributed by atoms with van der Waals surface area (Å²) in [5, 5.41) is 17.7. The largest absolute Gasteiger partial charge is 0.396 e. The van der Waals surface area contributed by atoms with Gasteiger partial charge in [-0.05, 0) is 64.7 Å². The normalized spacial score (nSPS) is 11.4. The third-order valence-electron chi connectivity index (χ3n) is 3.44. The van der Waals surface area contributed by atoms with Gasteiger partial charge in [-0.25, -0.2) is 0 Å². The van der Waals surface area contributed by atoms with Crippen LogP contribution in [0.5, 0.6) is 0 Å². The average Bonchev–Trinajstić information content (AvgIpc) is 2.42. The van der Waals surface area contributed by atoms with Gasteiger partial charge < -0.3 is 20.8 Å². The van der Waals surface area contributed by atoms with Crippen molar-refractivity contribution in [2.24, 2.45) is 5.73 Å². The molecule has 0 saturated heterocycles. The Morgan fingerprint density at radius 3 is 1.47 bits per heavy atom. The lowest BCUT2D eigenvalue weighted by molar-refractivity contribution is 0.223. The first kappa shape index (κ1) is 18.8. The molecule has 19 heavy (non-hydrogen) atoms. The number of nitrogens with zero attached hydrogens (tertiary/aromatic N) is 1. The van der Waals surface area contributed by atoms with Crippen LogP contribution in [-0.4, -0.2) is 54.5 Å². The number of hydrogen-bond donors (Lipinski definition) is 3. The molecule has 0 unspecified atom stereocenters. The van der Waals surface area contributed by atoms with E-state index >= 15 is 0 Å². The first-order chi connectivity index (χ1) is 9.35. The van der Waals surface area contributed by atoms with Gasteiger partial charge in [-0.3, -0.25) is 0 Å². The zero-order valence-electron chi connectivity index (χ0n) is 12.5. The topological polar surface area (TPSA) is 69.7 Å². The minimum absolute atomic E-state index is 0.295. The van der Waals surface area contributed by atoms with Gasteiger partial charge >= 0.3 is 0 Å². The Bertz CT molecular complexity index is 158. The SMILES string of the molecule is NCCCCCCCN(CCCCO)CCCCO. The zero-order valence-corrected chi connectivity index (χ0v) is 12.5. The van der Waals surface area contributed by atoms with Crippen LogP contribution in [0.15, 0.2) is 0 Å². The fourth-order valence-electron chi connectivity index (χ4n) is 2.24. The van der Waals surface area contributed by atoms with E-state index in [9.17, 15) is 0 Å². The molecule has 0 aliphatic heterocycles. The Kier molecular flexibility index (Phi) is 15.8. The summed E-state index contributed by atoms with van der Waals surface area (Å²) in [5.41, 5.74) is 5.48. The van der Waals surface area contributed by atoms with Crippen molar-refractivity contribution in [1.29, 1.82) is 0 Å². The molecule has 0 heterocycles. The smallest absolute Gasteiger partial charge is 0.0431 e. The Morgan fingerprint density at radius 2 is 1.00 bits per heavy atom. The molecule has 0 amide bonds. The van der Waals surface area contributed by atoms with Gasteiger partial charge in [-0.2, -0.15) is 0 Å². The number of aliphatic hydroxyl groups excluding tert-OH is 2. The molecule has 0 fully saturated rings. The Morgan fingerprint density at radius 1 is 0.579 bits per heavy atom. The number of hydrogen-bond acceptors (Lipinski definition) is 4. The summed E-state index contributed by atoms with van der Waals surface area (Å²) in [6.45, 7) is 4.71. The van der Waals surface area contributed by atoms with Gasteiger partial charge in [0.2, 0.25) is 0 Å². The van der Waals surface area contributed by atoms with E-state index in [1.54, 1.807) is 0 Å². The van der Waals surface area contributed by atoms with Gasteiger partial charge in [0.25, 0.3) is 0 Å². The van der Waals surface area contributed by atoms with Gasteiger partial charge in [0.15, 0.2) is 0 Å². The van der Waals surface area contributed by atoms with Crippen molar-refractivity contribution >= 4 is 0 Å². The Balaban J connectivity index is 3.58. The fourth-order valence-corrected chi connectivity index (χ4v) is 2.24. The van der Waals surface area contributed by atoms with Crippen molar-refractivity contribution in [2.75, 3.05) is 39.4 Å². The molecule has 0 bridgehead atoms. The third kappa shape index (κ3) is 14.1. The van der Waals surface area contributed by atoms with Crippen molar-refractivity contribution in [1.82, 2.24) is 4.90 Å². The minimum Gasteiger partial charge on any atom is -0.396 e. The van der Waals surface area contributed by atoms with Crippen molar-refractivity contribution < 1.29 is 10.2 Å². The highest BCUT2D eigenvalue weighted by molar-refractivity contribution is 4.59. The van der Waals surface area contributed by atoms with Gasteiger partial charge in [-0.1, -0.05) is 19.3 Å². The molecule has 0 spiro atoms. The molecular weight excluding hydrogens is 240 g/mol. The van der Waals surface area contributed by atoms with E-state index in [0.29, 0.717) is 13.2 Å². The summed E-state index contributed by atoms with van der Waals surface area (Å²) < 4.78 is 0. The van der Waals surface area contributed by atoms with E-state index in [2.05, 4.69) is 4.90 Å². The number of nitrogens with two attached hydrogens (primary N) is 1. The quantitative estimate of drug-likeness (QED) is 0.398. The average molecular weight is 274 g/mol. The summed E-state index contributed by atoms with van der Waals surface area (Å²) in [4.78, 5) is 2.48. The maximum absolute atomic E-state index is 8.83. The van der Waals surface area contributed by atoms with E-state index in [1.165, 1.54) is 25.7 Å². The summed E-state index contributed by atoms with van der Waals surface area (Å²) in [6.07, 6.45) is 10.2. The first-order valence-corrected chi connectivity index (χ1v) is 7.99. The summed E-state index contributed by atoms with van der Waals surface area (Å²) in [7, 11) is 0. The van der Waals surface area contributed by atoms with E-state index < -0.39 is 0 Å². The monoisotopic (exact) mass is 274 g/mol. The highest BCUT2D eigenvalue weighted by Gasteiger charge is 2.04. The summed E-state index contributed by atoms with van der Waals surface area (Å²) in [5.74, 6) is 0. The standard InChI is InChI=1S/C15H34N2O2/c16-10-4-2-1-3-5-11-17(12-6-8-14-18)13-7-9-15-19/h18-19H,1-16H2. The van der Waals surface area contributed by atoms with Crippen LogP contribution in [0.1, 0.15) is 57.8 Å². The summed E-state index contributed by atoms with van der Waals surface area (Å²) >= 11 is 0. The van der Waals surface area contributed by atoms with Gasteiger partial charge in [-0.15, -0.1) is 0 Å². The highest BCUT2D eigenvalue weighted by atomic mass is 16.3. The van der Waals surface area contributed by atoms with Crippen LogP contribution < -0.4 is 5.73 Å². The molecule has 4 N–H and O–H groups in total. The maximum atomic E-state index is 8.83. The highest BCUT2D eigenvalue weighted by Crippen LogP contribution is 2.06. The lowest BCUT2D eigenvalue weighted by Crippen LogP contribution is -2.27. The molecule has 116 valence electrons. The van der Waals surface area contributed by atoms with E-state index in [0.717, 1.165) is 58.3 Å². The molecule has 0 saturated carbocycles. The number of aliphatic hydroxyl groups is 2. The lowest BCUT2D eigenvalue weighted by Gasteiger charge is -2.22. The fraction of sp³-hybridized carbons (Fsp3) is 1.00. The van der Waals surface area contributed by atoms with Gasteiger partial charge in [0.1, 0.15) is 0 Å². The molecule has 0 aromatic rings. The third-order valence-corrected chi connectivity index (χ3v) is 3.44. The van der Waals surface area contributed by atoms with E-state index in [4.69, 9.17) is 15.9 Å². The van der Waals surface area contributed by atoms with Gasteiger partial charge in [0, 0.05) is 13.2 Å². The second-order valence-electron chi connectivity index (χ2n) is 5.26. The van der Waals surface area contributed by atoms with Crippen LogP contribution >= 0.6 is 0 Å². The van der Waals surface area contributed by atoms with Crippen LogP contribution in [0.25, 0.3) is 0 Å². The molecule has 0 atom stereocenters. The number of unbranched alkanes of at least 4 members (excludes halogenated alkanes) is 6. The molecule has 0 aliphatic rings. The van der Waals surface area contributed by atoms with Crippen molar-refractivity contribution in [3.63, 3.8) is 0 Å². The van der Waals surface area contributed by atoms with Crippen LogP contribution in [-0.2, 0) is 0 Å². The van der Waals surface area contributed by atoms with E-state index in [-0.39, 0.29) is 0 Å². The predicted molar refractivity (Wildman–Crippen MR) is 81.2 cm³/mol. The molecule has 0 rings (SSSR count). The molecule has 0 radical (unpaired) electrons. The molecular formula is C15H34N2O2. The van der Waals surface area contributed by atoms with Crippen molar-refractivity contribution in [2.45, 2.75) is 57.8 Å². The maximum Gasteiger partial charge on any atom is 0.0431 e. The van der Waals surface area contributed by atoms with Crippen molar-refractivity contribution in [3.05, 3.63) is 0 Å². The van der Waals surface area contributed by atoms with E-state index in [1.807, 2.05) is 0 Å². The molecule has 4 nitrogen and oxygen atoms in total. The lowest BCUT2D eigenvalue weighted by atomic mass is 10.1. The minimum atomic E-state index is 0.295. The van der Waals surface area contributed by atoms with Gasteiger partial charge in [0.05, 0.1) is 0 Å². The first-order valence-electron chi connectivity index (χ1n) is 7.99. The van der Waals surface area contributed by atoms with Crippen LogP contribution in [0, 0.1) is 0 Å². The molecule has 4 heteroatoms. The summed E-state index contributed by atoms with van der Waals surface area (Å²) in [6, 6.07) is 0. The second kappa shape index (κ2) is 15.9. The molecule has 0 aromatic carbocycles. The Labute approximate surface area is 119 Å². The van der Waals surface area contributed by atoms with Crippen LogP contribution in [0.3, 0.4) is 0 Å². The second-order valence-corrected chi connectivity index (χ2v) is 5.26. The number of rotatable bonds is 15. The van der Waals surface area contributed by atoms with Crippen LogP contribution in [0.2, 0.25) is 0 Å². The Hall–Kier alpha value is -0.160. The predicted octanol–water partition coefficient (Wildman–Crippen LogP) is 1.74. The molecule has 0 aromatic heterocycles. The zero-order chi connectivity index (χ0) is 14.2.